The van der Waals surface area contributed by atoms with Crippen LogP contribution in [0.15, 0.2) is 70.4 Å². The molecule has 0 bridgehead atoms. The van der Waals surface area contributed by atoms with Crippen LogP contribution in [0.3, 0.4) is 0 Å². The van der Waals surface area contributed by atoms with Gasteiger partial charge >= 0.3 is 5.97 Å². The Morgan fingerprint density at radius 2 is 1.89 bits per heavy atom. The first kappa shape index (κ1) is 17.7. The Hall–Kier alpha value is -3.67. The average Bonchev–Trinajstić information content (AvgIpc) is 3.00. The molecule has 1 amide bonds. The maximum absolute atomic E-state index is 13.2. The van der Waals surface area contributed by atoms with E-state index in [1.807, 2.05) is 0 Å². The van der Waals surface area contributed by atoms with Gasteiger partial charge in [-0.15, -0.1) is 6.58 Å². The third kappa shape index (κ3) is 2.62. The number of carbonyl (C=O) groups is 2. The van der Waals surface area contributed by atoms with Gasteiger partial charge in [-0.2, -0.15) is 0 Å². The number of esters is 1. The lowest BCUT2D eigenvalue weighted by Gasteiger charge is -2.23. The lowest BCUT2D eigenvalue weighted by molar-refractivity contribution is 0.0600. The van der Waals surface area contributed by atoms with Gasteiger partial charge in [-0.05, 0) is 29.8 Å². The largest absolute Gasteiger partial charge is 0.465 e. The van der Waals surface area contributed by atoms with E-state index in [1.54, 1.807) is 54.6 Å². The van der Waals surface area contributed by atoms with Crippen molar-refractivity contribution in [1.29, 1.82) is 0 Å². The van der Waals surface area contributed by atoms with Gasteiger partial charge in [0.1, 0.15) is 5.58 Å². The number of rotatable bonds is 4. The molecule has 4 rings (SSSR count). The zero-order chi connectivity index (χ0) is 19.8. The maximum atomic E-state index is 13.2. The first-order chi connectivity index (χ1) is 13.6. The number of benzene rings is 2. The van der Waals surface area contributed by atoms with Gasteiger partial charge in [0.25, 0.3) is 5.91 Å². The number of hydrogen-bond acceptors (Lipinski definition) is 5. The molecule has 6 nitrogen and oxygen atoms in total. The van der Waals surface area contributed by atoms with Crippen molar-refractivity contribution in [2.24, 2.45) is 0 Å². The molecular formula is C22H17NO5. The van der Waals surface area contributed by atoms with E-state index in [9.17, 15) is 14.4 Å². The van der Waals surface area contributed by atoms with Crippen molar-refractivity contribution in [3.05, 3.63) is 93.9 Å². The van der Waals surface area contributed by atoms with Crippen LogP contribution in [0.4, 0.5) is 0 Å². The summed E-state index contributed by atoms with van der Waals surface area (Å²) in [5.41, 5.74) is 1.52. The minimum Gasteiger partial charge on any atom is -0.465 e. The van der Waals surface area contributed by atoms with Gasteiger partial charge in [0, 0.05) is 6.54 Å². The Kier molecular flexibility index (Phi) is 4.31. The molecule has 0 N–H and O–H groups in total. The van der Waals surface area contributed by atoms with Crippen molar-refractivity contribution in [2.45, 2.75) is 6.04 Å². The highest BCUT2D eigenvalue weighted by Gasteiger charge is 2.42. The minimum atomic E-state index is -0.618. The molecular weight excluding hydrogens is 358 g/mol. The topological polar surface area (TPSA) is 76.8 Å². The molecule has 0 saturated carbocycles. The lowest BCUT2D eigenvalue weighted by atomic mass is 9.97. The Morgan fingerprint density at radius 1 is 1.18 bits per heavy atom. The first-order valence-corrected chi connectivity index (χ1v) is 8.72. The number of fused-ring (bicyclic) bond motifs is 2. The second kappa shape index (κ2) is 6.81. The van der Waals surface area contributed by atoms with Crippen LogP contribution in [0.25, 0.3) is 11.0 Å². The molecule has 0 aliphatic carbocycles. The molecule has 1 aromatic heterocycles. The zero-order valence-corrected chi connectivity index (χ0v) is 15.2. The molecule has 0 spiro atoms. The highest BCUT2D eigenvalue weighted by Crippen LogP contribution is 2.38. The molecule has 3 aromatic rings. The van der Waals surface area contributed by atoms with Gasteiger partial charge < -0.3 is 14.1 Å². The summed E-state index contributed by atoms with van der Waals surface area (Å²) in [5, 5.41) is 0.422. The molecule has 1 aliphatic rings. The predicted octanol–water partition coefficient (Wildman–Crippen LogP) is 3.31. The molecule has 1 aliphatic heterocycles. The number of carbonyl (C=O) groups excluding carboxylic acids is 2. The average molecular weight is 375 g/mol. The predicted molar refractivity (Wildman–Crippen MR) is 103 cm³/mol. The van der Waals surface area contributed by atoms with Crippen LogP contribution in [0.1, 0.15) is 38.1 Å². The summed E-state index contributed by atoms with van der Waals surface area (Å²) in [6.07, 6.45) is 1.60. The second-order valence-corrected chi connectivity index (χ2v) is 6.43. The maximum Gasteiger partial charge on any atom is 0.337 e. The minimum absolute atomic E-state index is 0.0487. The fourth-order valence-electron chi connectivity index (χ4n) is 3.56. The molecule has 0 radical (unpaired) electrons. The summed E-state index contributed by atoms with van der Waals surface area (Å²) in [5.74, 6) is -0.768. The van der Waals surface area contributed by atoms with E-state index in [1.165, 1.54) is 12.0 Å². The van der Waals surface area contributed by atoms with Crippen LogP contribution in [0, 0.1) is 0 Å². The van der Waals surface area contributed by atoms with Crippen LogP contribution in [0.2, 0.25) is 0 Å². The normalized spacial score (nSPS) is 15.5. The van der Waals surface area contributed by atoms with Gasteiger partial charge in [-0.1, -0.05) is 30.3 Å². The Labute approximate surface area is 160 Å². The number of methoxy groups -OCH3 is 1. The highest BCUT2D eigenvalue weighted by molar-refractivity contribution is 5.99. The first-order valence-electron chi connectivity index (χ1n) is 8.72. The van der Waals surface area contributed by atoms with Crippen molar-refractivity contribution in [2.75, 3.05) is 13.7 Å². The summed E-state index contributed by atoms with van der Waals surface area (Å²) < 4.78 is 10.5. The molecule has 1 atom stereocenters. The number of ether oxygens (including phenoxy) is 1. The Balaban J connectivity index is 1.92. The van der Waals surface area contributed by atoms with E-state index in [2.05, 4.69) is 6.58 Å². The number of para-hydroxylation sites is 1. The standard InChI is InChI=1S/C22H17NO5/c1-3-12-23-18(13-8-10-14(11-9-13)22(26)27-2)17-19(24)15-6-4-5-7-16(15)28-20(17)21(23)25/h3-11,18H,1,12H2,2H3/t18-/m0/s1. The van der Waals surface area contributed by atoms with E-state index < -0.39 is 12.0 Å². The molecule has 2 heterocycles. The summed E-state index contributed by atoms with van der Waals surface area (Å²) >= 11 is 0. The van der Waals surface area contributed by atoms with E-state index in [0.717, 1.165) is 0 Å². The lowest BCUT2D eigenvalue weighted by Crippen LogP contribution is -2.29. The fourth-order valence-corrected chi connectivity index (χ4v) is 3.56. The summed E-state index contributed by atoms with van der Waals surface area (Å²) in [6, 6.07) is 12.9. The van der Waals surface area contributed by atoms with Crippen LogP contribution < -0.4 is 5.43 Å². The highest BCUT2D eigenvalue weighted by atomic mass is 16.5. The van der Waals surface area contributed by atoms with Crippen LogP contribution in [0.5, 0.6) is 0 Å². The summed E-state index contributed by atoms with van der Waals surface area (Å²) in [4.78, 5) is 39.4. The molecule has 140 valence electrons. The molecule has 2 aromatic carbocycles. The van der Waals surface area contributed by atoms with Crippen LogP contribution in [-0.4, -0.2) is 30.4 Å². The molecule has 0 fully saturated rings. The number of amides is 1. The van der Waals surface area contributed by atoms with Crippen molar-refractivity contribution >= 4 is 22.8 Å². The van der Waals surface area contributed by atoms with Crippen molar-refractivity contribution in [3.63, 3.8) is 0 Å². The SMILES string of the molecule is C=CCN1C(=O)c2oc3ccccc3c(=O)c2[C@@H]1c1ccc(C(=O)OC)cc1. The molecule has 28 heavy (non-hydrogen) atoms. The number of hydrogen-bond donors (Lipinski definition) is 0. The Bertz CT molecular complexity index is 1160. The quantitative estimate of drug-likeness (QED) is 0.516. The Morgan fingerprint density at radius 3 is 2.57 bits per heavy atom. The van der Waals surface area contributed by atoms with Crippen molar-refractivity contribution < 1.29 is 18.7 Å². The van der Waals surface area contributed by atoms with E-state index >= 15 is 0 Å². The monoisotopic (exact) mass is 375 g/mol. The molecule has 6 heteroatoms. The number of nitrogens with zero attached hydrogens (tertiary/aromatic N) is 1. The van der Waals surface area contributed by atoms with E-state index in [0.29, 0.717) is 27.7 Å². The third-order valence-corrected chi connectivity index (χ3v) is 4.85. The summed E-state index contributed by atoms with van der Waals surface area (Å²) in [7, 11) is 1.31. The van der Waals surface area contributed by atoms with Crippen molar-refractivity contribution in [1.82, 2.24) is 4.90 Å². The second-order valence-electron chi connectivity index (χ2n) is 6.43. The molecule has 0 unspecified atom stereocenters. The van der Waals surface area contributed by atoms with Gasteiger partial charge in [-0.3, -0.25) is 9.59 Å². The third-order valence-electron chi connectivity index (χ3n) is 4.85. The van der Waals surface area contributed by atoms with Gasteiger partial charge in [0.2, 0.25) is 5.76 Å². The van der Waals surface area contributed by atoms with Crippen LogP contribution >= 0.6 is 0 Å². The molecule has 0 saturated heterocycles. The fraction of sp³-hybridized carbons (Fsp3) is 0.136. The summed E-state index contributed by atoms with van der Waals surface area (Å²) in [6.45, 7) is 3.96. The van der Waals surface area contributed by atoms with Gasteiger partial charge in [-0.25, -0.2) is 4.79 Å². The van der Waals surface area contributed by atoms with Gasteiger partial charge in [0.15, 0.2) is 5.43 Å². The van der Waals surface area contributed by atoms with Crippen LogP contribution in [-0.2, 0) is 4.74 Å². The van der Waals surface area contributed by atoms with E-state index in [-0.39, 0.29) is 23.6 Å². The van der Waals surface area contributed by atoms with E-state index in [4.69, 9.17) is 9.15 Å². The zero-order valence-electron chi connectivity index (χ0n) is 15.2. The van der Waals surface area contributed by atoms with Gasteiger partial charge in [0.05, 0.1) is 29.7 Å². The smallest absolute Gasteiger partial charge is 0.337 e. The van der Waals surface area contributed by atoms with Crippen molar-refractivity contribution in [3.8, 4) is 0 Å².